The Morgan fingerprint density at radius 2 is 1.72 bits per heavy atom. The average molecular weight is 244 g/mol. The second-order valence-electron chi connectivity index (χ2n) is 4.50. The highest BCUT2D eigenvalue weighted by Gasteiger charge is 2.13. The normalized spacial score (nSPS) is 12.4. The third-order valence-corrected chi connectivity index (χ3v) is 3.21. The second-order valence-corrected chi connectivity index (χ2v) is 4.50. The fourth-order valence-electron chi connectivity index (χ4n) is 2.02. The predicted molar refractivity (Wildman–Crippen MR) is 71.5 cm³/mol. The highest BCUT2D eigenvalue weighted by molar-refractivity contribution is 5.37. The Balaban J connectivity index is 2.42. The fraction of sp³-hybridized carbons (Fsp3) is 0.200. The van der Waals surface area contributed by atoms with E-state index < -0.39 is 0 Å². The minimum atomic E-state index is -0.253. The summed E-state index contributed by atoms with van der Waals surface area (Å²) in [6.07, 6.45) is 0. The number of nitrogens with two attached hydrogens (primary N) is 1. The van der Waals surface area contributed by atoms with Gasteiger partial charge in [0, 0.05) is 0 Å². The Labute approximate surface area is 107 Å². The summed E-state index contributed by atoms with van der Waals surface area (Å²) in [7, 11) is 0. The summed E-state index contributed by atoms with van der Waals surface area (Å²) in [5.74, 6) is 5.35. The van der Waals surface area contributed by atoms with Crippen molar-refractivity contribution in [3.63, 3.8) is 0 Å². The Kier molecular flexibility index (Phi) is 3.75. The molecule has 0 spiro atoms. The molecule has 0 aliphatic heterocycles. The topological polar surface area (TPSA) is 38.0 Å². The largest absolute Gasteiger partial charge is 0.271 e. The molecule has 0 aliphatic carbocycles. The Morgan fingerprint density at radius 1 is 1.00 bits per heavy atom. The van der Waals surface area contributed by atoms with Gasteiger partial charge in [-0.15, -0.1) is 0 Å². The van der Waals surface area contributed by atoms with Gasteiger partial charge in [-0.05, 0) is 48.2 Å². The van der Waals surface area contributed by atoms with Crippen LogP contribution in [-0.2, 0) is 0 Å². The van der Waals surface area contributed by atoms with Crippen LogP contribution in [0, 0.1) is 19.7 Å². The zero-order chi connectivity index (χ0) is 13.1. The van der Waals surface area contributed by atoms with Gasteiger partial charge in [-0.1, -0.05) is 30.3 Å². The average Bonchev–Trinajstić information content (AvgIpc) is 2.35. The molecule has 0 aromatic heterocycles. The molecule has 1 unspecified atom stereocenters. The van der Waals surface area contributed by atoms with Gasteiger partial charge < -0.3 is 0 Å². The molecule has 0 bridgehead atoms. The number of aryl methyl sites for hydroxylation is 2. The molecule has 2 aromatic carbocycles. The van der Waals surface area contributed by atoms with E-state index in [1.807, 2.05) is 18.2 Å². The van der Waals surface area contributed by atoms with Crippen LogP contribution < -0.4 is 11.3 Å². The van der Waals surface area contributed by atoms with Crippen LogP contribution in [0.5, 0.6) is 0 Å². The van der Waals surface area contributed by atoms with Crippen molar-refractivity contribution >= 4 is 0 Å². The van der Waals surface area contributed by atoms with Crippen LogP contribution in [0.15, 0.2) is 42.5 Å². The van der Waals surface area contributed by atoms with Gasteiger partial charge in [-0.2, -0.15) is 0 Å². The Morgan fingerprint density at radius 3 is 2.33 bits per heavy atom. The summed E-state index contributed by atoms with van der Waals surface area (Å²) < 4.78 is 13.3. The Bertz CT molecular complexity index is 552. The van der Waals surface area contributed by atoms with E-state index in [1.165, 1.54) is 23.3 Å². The molecule has 0 heterocycles. The van der Waals surface area contributed by atoms with Crippen molar-refractivity contribution in [1.29, 1.82) is 0 Å². The van der Waals surface area contributed by atoms with Gasteiger partial charge in [0.05, 0.1) is 6.04 Å². The van der Waals surface area contributed by atoms with Crippen LogP contribution in [-0.4, -0.2) is 0 Å². The van der Waals surface area contributed by atoms with Crippen LogP contribution in [0.3, 0.4) is 0 Å². The molecule has 2 rings (SSSR count). The maximum atomic E-state index is 13.3. The molecule has 0 radical (unpaired) electrons. The van der Waals surface area contributed by atoms with Crippen molar-refractivity contribution in [3.05, 3.63) is 70.5 Å². The second kappa shape index (κ2) is 5.29. The molecule has 0 fully saturated rings. The van der Waals surface area contributed by atoms with E-state index in [1.54, 1.807) is 6.07 Å². The maximum Gasteiger partial charge on any atom is 0.123 e. The van der Waals surface area contributed by atoms with Crippen LogP contribution in [0.25, 0.3) is 0 Å². The number of nitrogens with one attached hydrogen (secondary N) is 1. The lowest BCUT2D eigenvalue weighted by Crippen LogP contribution is -2.29. The van der Waals surface area contributed by atoms with E-state index in [9.17, 15) is 4.39 Å². The minimum Gasteiger partial charge on any atom is -0.271 e. The van der Waals surface area contributed by atoms with Crippen molar-refractivity contribution < 1.29 is 4.39 Å². The van der Waals surface area contributed by atoms with Crippen molar-refractivity contribution in [1.82, 2.24) is 5.43 Å². The summed E-state index contributed by atoms with van der Waals surface area (Å²) in [6, 6.07) is 12.4. The van der Waals surface area contributed by atoms with Crippen molar-refractivity contribution in [2.45, 2.75) is 19.9 Å². The molecular formula is C15H17FN2. The maximum absolute atomic E-state index is 13.3. The number of hydrazine groups is 1. The summed E-state index contributed by atoms with van der Waals surface area (Å²) in [4.78, 5) is 0. The van der Waals surface area contributed by atoms with E-state index in [4.69, 9.17) is 5.84 Å². The van der Waals surface area contributed by atoms with E-state index >= 15 is 0 Å². The Hall–Kier alpha value is -1.71. The van der Waals surface area contributed by atoms with Gasteiger partial charge >= 0.3 is 0 Å². The first-order chi connectivity index (χ1) is 8.61. The number of halogens is 1. The molecule has 0 saturated heterocycles. The molecule has 0 saturated carbocycles. The molecular weight excluding hydrogens is 227 g/mol. The van der Waals surface area contributed by atoms with Crippen molar-refractivity contribution in [2.75, 3.05) is 0 Å². The van der Waals surface area contributed by atoms with Gasteiger partial charge in [-0.3, -0.25) is 5.84 Å². The molecule has 2 aromatic rings. The lowest BCUT2D eigenvalue weighted by molar-refractivity contribution is 0.605. The van der Waals surface area contributed by atoms with Crippen molar-refractivity contribution in [3.8, 4) is 0 Å². The van der Waals surface area contributed by atoms with Crippen LogP contribution in [0.2, 0.25) is 0 Å². The van der Waals surface area contributed by atoms with Gasteiger partial charge in [0.2, 0.25) is 0 Å². The number of hydrogen-bond acceptors (Lipinski definition) is 2. The molecule has 0 amide bonds. The highest BCUT2D eigenvalue weighted by atomic mass is 19.1. The predicted octanol–water partition coefficient (Wildman–Crippen LogP) is 3.00. The third-order valence-electron chi connectivity index (χ3n) is 3.21. The summed E-state index contributed by atoms with van der Waals surface area (Å²) in [5.41, 5.74) is 7.02. The molecule has 3 N–H and O–H groups in total. The SMILES string of the molecule is Cc1ccc(C(NN)c2cccc(F)c2)cc1C. The monoisotopic (exact) mass is 244 g/mol. The first-order valence-corrected chi connectivity index (χ1v) is 5.90. The number of rotatable bonds is 3. The summed E-state index contributed by atoms with van der Waals surface area (Å²) in [6.45, 7) is 4.12. The van der Waals surface area contributed by atoms with Crippen molar-refractivity contribution in [2.24, 2.45) is 5.84 Å². The quantitative estimate of drug-likeness (QED) is 0.643. The lowest BCUT2D eigenvalue weighted by atomic mass is 9.96. The molecule has 18 heavy (non-hydrogen) atoms. The number of benzene rings is 2. The smallest absolute Gasteiger partial charge is 0.123 e. The van der Waals surface area contributed by atoms with Gasteiger partial charge in [-0.25, -0.2) is 9.82 Å². The molecule has 94 valence electrons. The molecule has 0 aliphatic rings. The summed E-state index contributed by atoms with van der Waals surface area (Å²) >= 11 is 0. The van der Waals surface area contributed by atoms with E-state index in [0.29, 0.717) is 0 Å². The summed E-state index contributed by atoms with van der Waals surface area (Å²) in [5, 5.41) is 0. The number of hydrogen-bond donors (Lipinski definition) is 2. The van der Waals surface area contributed by atoms with Gasteiger partial charge in [0.15, 0.2) is 0 Å². The van der Waals surface area contributed by atoms with E-state index in [0.717, 1.165) is 11.1 Å². The van der Waals surface area contributed by atoms with Gasteiger partial charge in [0.25, 0.3) is 0 Å². The fourth-order valence-corrected chi connectivity index (χ4v) is 2.02. The molecule has 3 heteroatoms. The van der Waals surface area contributed by atoms with Gasteiger partial charge in [0.1, 0.15) is 5.82 Å². The molecule has 2 nitrogen and oxygen atoms in total. The van der Waals surface area contributed by atoms with Crippen LogP contribution in [0.1, 0.15) is 28.3 Å². The lowest BCUT2D eigenvalue weighted by Gasteiger charge is -2.18. The standard InChI is InChI=1S/C15H17FN2/c1-10-6-7-13(8-11(10)2)15(18-17)12-4-3-5-14(16)9-12/h3-9,15,18H,17H2,1-2H3. The first-order valence-electron chi connectivity index (χ1n) is 5.90. The minimum absolute atomic E-state index is 0.194. The van der Waals surface area contributed by atoms with E-state index in [2.05, 4.69) is 25.3 Å². The van der Waals surface area contributed by atoms with Crippen LogP contribution >= 0.6 is 0 Å². The van der Waals surface area contributed by atoms with Crippen LogP contribution in [0.4, 0.5) is 4.39 Å². The first kappa shape index (κ1) is 12.7. The zero-order valence-electron chi connectivity index (χ0n) is 10.6. The molecule has 1 atom stereocenters. The third kappa shape index (κ3) is 2.58. The highest BCUT2D eigenvalue weighted by Crippen LogP contribution is 2.23. The van der Waals surface area contributed by atoms with E-state index in [-0.39, 0.29) is 11.9 Å². The zero-order valence-corrected chi connectivity index (χ0v) is 10.6.